The average Bonchev–Trinajstić information content (AvgIpc) is 3.31. The van der Waals surface area contributed by atoms with Gasteiger partial charge in [-0.15, -0.1) is 0 Å². The van der Waals surface area contributed by atoms with Crippen LogP contribution in [0.15, 0.2) is 63.0 Å². The Hall–Kier alpha value is -4.08. The standard InChI is InChI=1S/C25H27FN8O4S2/c1-30-21-20(22(35)31(2)25(30)36)34(15-16-3-5-17(26)6-4-16)23(29-21)32-11-13-33(14-12-32)24(39)28-18-7-9-19(10-8-18)40(27,37)38/h3-10H,11-15H2,1-2H3,(H,28,39)(H2,27,37,38). The molecular formula is C25H27FN8O4S2. The highest BCUT2D eigenvalue weighted by Crippen LogP contribution is 2.23. The van der Waals surface area contributed by atoms with Crippen LogP contribution in [0.2, 0.25) is 0 Å². The van der Waals surface area contributed by atoms with Crippen LogP contribution in [0.5, 0.6) is 0 Å². The predicted octanol–water partition coefficient (Wildman–Crippen LogP) is 0.788. The van der Waals surface area contributed by atoms with Gasteiger partial charge in [-0.3, -0.25) is 18.5 Å². The number of nitrogens with one attached hydrogen (secondary N) is 1. The molecule has 5 rings (SSSR count). The van der Waals surface area contributed by atoms with Crippen molar-refractivity contribution in [3.05, 3.63) is 80.7 Å². The fraction of sp³-hybridized carbons (Fsp3) is 0.280. The lowest BCUT2D eigenvalue weighted by Crippen LogP contribution is -2.50. The summed E-state index contributed by atoms with van der Waals surface area (Å²) in [6.45, 7) is 2.38. The number of aromatic nitrogens is 4. The van der Waals surface area contributed by atoms with Gasteiger partial charge < -0.3 is 15.1 Å². The number of nitrogens with two attached hydrogens (primary N) is 1. The van der Waals surface area contributed by atoms with Gasteiger partial charge in [0.15, 0.2) is 16.3 Å². The molecule has 0 amide bonds. The second-order valence-electron chi connectivity index (χ2n) is 9.48. The topological polar surface area (TPSA) is 140 Å². The molecule has 1 fully saturated rings. The van der Waals surface area contributed by atoms with Crippen LogP contribution in [0, 0.1) is 5.82 Å². The third-order valence-electron chi connectivity index (χ3n) is 6.87. The number of anilines is 2. The Bertz CT molecular complexity index is 1820. The molecule has 4 aromatic rings. The summed E-state index contributed by atoms with van der Waals surface area (Å²) in [7, 11) is -0.793. The molecule has 3 N–H and O–H groups in total. The summed E-state index contributed by atoms with van der Waals surface area (Å²) in [6.07, 6.45) is 0. The summed E-state index contributed by atoms with van der Waals surface area (Å²) >= 11 is 5.58. The monoisotopic (exact) mass is 586 g/mol. The highest BCUT2D eigenvalue weighted by Gasteiger charge is 2.26. The van der Waals surface area contributed by atoms with Crippen LogP contribution in [0.1, 0.15) is 5.56 Å². The average molecular weight is 587 g/mol. The Morgan fingerprint density at radius 3 is 2.23 bits per heavy atom. The van der Waals surface area contributed by atoms with Crippen molar-refractivity contribution < 1.29 is 12.8 Å². The Kier molecular flexibility index (Phi) is 7.20. The van der Waals surface area contributed by atoms with Gasteiger partial charge >= 0.3 is 5.69 Å². The Morgan fingerprint density at radius 2 is 1.62 bits per heavy atom. The fourth-order valence-corrected chi connectivity index (χ4v) is 5.45. The van der Waals surface area contributed by atoms with Crippen molar-refractivity contribution in [2.75, 3.05) is 36.4 Å². The minimum absolute atomic E-state index is 0.00781. The number of hydrogen-bond acceptors (Lipinski definition) is 7. The van der Waals surface area contributed by atoms with Crippen LogP contribution in [0.3, 0.4) is 0 Å². The number of rotatable bonds is 5. The summed E-state index contributed by atoms with van der Waals surface area (Å²) in [4.78, 5) is 34.5. The van der Waals surface area contributed by atoms with Gasteiger partial charge in [0.05, 0.1) is 11.4 Å². The quantitative estimate of drug-likeness (QED) is 0.325. The third kappa shape index (κ3) is 5.22. The second-order valence-corrected chi connectivity index (χ2v) is 11.4. The van der Waals surface area contributed by atoms with Gasteiger partial charge in [0.25, 0.3) is 5.56 Å². The van der Waals surface area contributed by atoms with Crippen LogP contribution in [0.4, 0.5) is 16.0 Å². The van der Waals surface area contributed by atoms with E-state index >= 15 is 0 Å². The maximum absolute atomic E-state index is 13.5. The Morgan fingerprint density at radius 1 is 1.00 bits per heavy atom. The van der Waals surface area contributed by atoms with E-state index in [4.69, 9.17) is 22.3 Å². The summed E-state index contributed by atoms with van der Waals surface area (Å²) in [5.41, 5.74) is 1.01. The van der Waals surface area contributed by atoms with Gasteiger partial charge in [0.1, 0.15) is 5.82 Å². The lowest BCUT2D eigenvalue weighted by atomic mass is 10.2. The van der Waals surface area contributed by atoms with Crippen molar-refractivity contribution in [3.8, 4) is 0 Å². The summed E-state index contributed by atoms with van der Waals surface area (Å²) in [5, 5.41) is 8.74. The molecule has 40 heavy (non-hydrogen) atoms. The number of hydrogen-bond donors (Lipinski definition) is 2. The molecule has 0 bridgehead atoms. The van der Waals surface area contributed by atoms with E-state index in [1.165, 1.54) is 35.9 Å². The lowest BCUT2D eigenvalue weighted by Gasteiger charge is -2.36. The van der Waals surface area contributed by atoms with Crippen LogP contribution in [-0.2, 0) is 30.7 Å². The van der Waals surface area contributed by atoms with Crippen LogP contribution in [-0.4, -0.2) is 63.3 Å². The molecule has 2 aromatic heterocycles. The molecule has 15 heteroatoms. The number of imidazole rings is 1. The fourth-order valence-electron chi connectivity index (χ4n) is 4.64. The Labute approximate surface area is 234 Å². The van der Waals surface area contributed by atoms with E-state index in [9.17, 15) is 22.4 Å². The number of benzene rings is 2. The van der Waals surface area contributed by atoms with Gasteiger partial charge in [0.2, 0.25) is 16.0 Å². The smallest absolute Gasteiger partial charge is 0.332 e. The number of thiocarbonyl (C=S) groups is 1. The molecule has 0 aliphatic carbocycles. The summed E-state index contributed by atoms with van der Waals surface area (Å²) in [5.74, 6) is 0.161. The molecular weight excluding hydrogens is 559 g/mol. The van der Waals surface area contributed by atoms with Gasteiger partial charge in [-0.2, -0.15) is 4.98 Å². The Balaban J connectivity index is 1.39. The molecule has 12 nitrogen and oxygen atoms in total. The number of sulfonamides is 1. The minimum Gasteiger partial charge on any atom is -0.345 e. The zero-order valence-corrected chi connectivity index (χ0v) is 23.4. The first kappa shape index (κ1) is 27.5. The van der Waals surface area contributed by atoms with Crippen molar-refractivity contribution in [2.24, 2.45) is 19.2 Å². The zero-order valence-electron chi connectivity index (χ0n) is 21.7. The van der Waals surface area contributed by atoms with Crippen molar-refractivity contribution in [3.63, 3.8) is 0 Å². The molecule has 1 saturated heterocycles. The largest absolute Gasteiger partial charge is 0.345 e. The molecule has 0 atom stereocenters. The van der Waals surface area contributed by atoms with E-state index in [1.54, 1.807) is 35.9 Å². The van der Waals surface area contributed by atoms with E-state index in [2.05, 4.69) is 5.32 Å². The first-order chi connectivity index (χ1) is 18.9. The van der Waals surface area contributed by atoms with Gasteiger partial charge in [-0.1, -0.05) is 12.1 Å². The number of nitrogens with zero attached hydrogens (tertiary/aromatic N) is 6. The first-order valence-electron chi connectivity index (χ1n) is 12.3. The normalized spacial score (nSPS) is 14.1. The van der Waals surface area contributed by atoms with Gasteiger partial charge in [-0.05, 0) is 54.2 Å². The number of halogens is 1. The molecule has 0 radical (unpaired) electrons. The van der Waals surface area contributed by atoms with Crippen molar-refractivity contribution in [1.82, 2.24) is 23.6 Å². The number of aryl methyl sites for hydroxylation is 1. The number of piperazine rings is 1. The number of fused-ring (bicyclic) bond motifs is 1. The molecule has 2 aromatic carbocycles. The lowest BCUT2D eigenvalue weighted by molar-refractivity contribution is 0.386. The van der Waals surface area contributed by atoms with Crippen molar-refractivity contribution >= 4 is 50.2 Å². The molecule has 0 unspecified atom stereocenters. The second kappa shape index (κ2) is 10.5. The highest BCUT2D eigenvalue weighted by molar-refractivity contribution is 7.89. The van der Waals surface area contributed by atoms with E-state index in [-0.39, 0.29) is 28.4 Å². The molecule has 0 spiro atoms. The molecule has 0 saturated carbocycles. The molecule has 210 valence electrons. The van der Waals surface area contributed by atoms with Crippen molar-refractivity contribution in [2.45, 2.75) is 11.4 Å². The number of primary sulfonamides is 1. The summed E-state index contributed by atoms with van der Waals surface area (Å²) in [6, 6.07) is 12.0. The van der Waals surface area contributed by atoms with Crippen molar-refractivity contribution in [1.29, 1.82) is 0 Å². The maximum Gasteiger partial charge on any atom is 0.332 e. The molecule has 3 heterocycles. The summed E-state index contributed by atoms with van der Waals surface area (Å²) < 4.78 is 40.7. The van der Waals surface area contributed by atoms with E-state index < -0.39 is 21.3 Å². The van der Waals surface area contributed by atoms with Gasteiger partial charge in [0, 0.05) is 46.0 Å². The molecule has 1 aliphatic heterocycles. The van der Waals surface area contributed by atoms with Crippen LogP contribution >= 0.6 is 12.2 Å². The first-order valence-corrected chi connectivity index (χ1v) is 14.2. The predicted molar refractivity (Wildman–Crippen MR) is 154 cm³/mol. The SMILES string of the molecule is Cn1c(=O)c2c(nc(N3CCN(C(=S)Nc4ccc(S(N)(=O)=O)cc4)CC3)n2Cc2ccc(F)cc2)n(C)c1=O. The highest BCUT2D eigenvalue weighted by atomic mass is 32.2. The van der Waals surface area contributed by atoms with E-state index in [0.717, 1.165) is 10.1 Å². The maximum atomic E-state index is 13.5. The van der Waals surface area contributed by atoms with E-state index in [0.29, 0.717) is 42.9 Å². The van der Waals surface area contributed by atoms with Crippen LogP contribution in [0.25, 0.3) is 11.2 Å². The minimum atomic E-state index is -3.79. The van der Waals surface area contributed by atoms with Crippen LogP contribution < -0.4 is 26.6 Å². The van der Waals surface area contributed by atoms with Gasteiger partial charge in [-0.25, -0.2) is 22.7 Å². The molecule has 1 aliphatic rings. The zero-order chi connectivity index (χ0) is 28.8. The van der Waals surface area contributed by atoms with E-state index in [1.807, 2.05) is 9.80 Å². The third-order valence-corrected chi connectivity index (χ3v) is 8.16.